The summed E-state index contributed by atoms with van der Waals surface area (Å²) < 4.78 is 5.45. The Labute approximate surface area is 89.5 Å². The van der Waals surface area contributed by atoms with Gasteiger partial charge in [0, 0.05) is 11.5 Å². The van der Waals surface area contributed by atoms with E-state index < -0.39 is 4.92 Å². The molecule has 0 atom stereocenters. The number of fused-ring (bicyclic) bond motifs is 3. The van der Waals surface area contributed by atoms with Crippen LogP contribution in [0.2, 0.25) is 0 Å². The minimum Gasteiger partial charge on any atom is -0.438 e. The number of para-hydroxylation sites is 1. The van der Waals surface area contributed by atoms with Crippen LogP contribution >= 0.6 is 0 Å². The smallest absolute Gasteiger partial charge is 0.288 e. The average molecular weight is 214 g/mol. The maximum Gasteiger partial charge on any atom is 0.288 e. The molecule has 5 heteroatoms. The van der Waals surface area contributed by atoms with Crippen LogP contribution in [-0.2, 0) is 0 Å². The first-order valence-electron chi connectivity index (χ1n) is 4.67. The number of benzene rings is 1. The highest BCUT2D eigenvalue weighted by Crippen LogP contribution is 2.29. The third-order valence-electron chi connectivity index (χ3n) is 2.43. The minimum absolute atomic E-state index is 0.0287. The van der Waals surface area contributed by atoms with Crippen LogP contribution in [0.15, 0.2) is 40.9 Å². The van der Waals surface area contributed by atoms with Gasteiger partial charge in [0.05, 0.1) is 10.3 Å². The molecule has 0 amide bonds. The zero-order valence-electron chi connectivity index (χ0n) is 8.08. The second-order valence-corrected chi connectivity index (χ2v) is 3.40. The van der Waals surface area contributed by atoms with Gasteiger partial charge in [0.2, 0.25) is 5.71 Å². The zero-order chi connectivity index (χ0) is 11.1. The van der Waals surface area contributed by atoms with Gasteiger partial charge >= 0.3 is 0 Å². The molecule has 5 nitrogen and oxygen atoms in total. The quantitative estimate of drug-likeness (QED) is 0.461. The standard InChI is InChI=1S/C11H6N2O3/c14-13(15)7-5-9-8-3-1-2-4-10(8)16-11(9)12-6-7/h1-6H. The van der Waals surface area contributed by atoms with Crippen LogP contribution < -0.4 is 0 Å². The Kier molecular flexibility index (Phi) is 1.67. The third-order valence-corrected chi connectivity index (χ3v) is 2.43. The molecule has 16 heavy (non-hydrogen) atoms. The van der Waals surface area contributed by atoms with Crippen molar-refractivity contribution in [1.29, 1.82) is 0 Å². The highest BCUT2D eigenvalue weighted by molar-refractivity contribution is 6.04. The maximum absolute atomic E-state index is 10.6. The molecule has 0 aliphatic carbocycles. The monoisotopic (exact) mass is 214 g/mol. The van der Waals surface area contributed by atoms with Gasteiger partial charge in [0.15, 0.2) is 0 Å². The average Bonchev–Trinajstić information content (AvgIpc) is 2.66. The van der Waals surface area contributed by atoms with Gasteiger partial charge in [-0.1, -0.05) is 18.2 Å². The number of hydrogen-bond acceptors (Lipinski definition) is 4. The van der Waals surface area contributed by atoms with Gasteiger partial charge in [-0.3, -0.25) is 10.1 Å². The molecule has 0 aliphatic rings. The lowest BCUT2D eigenvalue weighted by atomic mass is 10.2. The summed E-state index contributed by atoms with van der Waals surface area (Å²) in [5.41, 5.74) is 1.08. The fraction of sp³-hybridized carbons (Fsp3) is 0. The summed E-state index contributed by atoms with van der Waals surface area (Å²) in [6.45, 7) is 0. The van der Waals surface area contributed by atoms with Gasteiger partial charge in [0.25, 0.3) is 5.69 Å². The van der Waals surface area contributed by atoms with Crippen LogP contribution in [0.1, 0.15) is 0 Å². The summed E-state index contributed by atoms with van der Waals surface area (Å²) in [6.07, 6.45) is 1.20. The van der Waals surface area contributed by atoms with Gasteiger partial charge in [-0.15, -0.1) is 0 Å². The van der Waals surface area contributed by atoms with Crippen LogP contribution in [0.25, 0.3) is 22.1 Å². The van der Waals surface area contributed by atoms with Gasteiger partial charge in [-0.05, 0) is 6.07 Å². The molecule has 0 spiro atoms. The first kappa shape index (κ1) is 8.84. The normalized spacial score (nSPS) is 11.0. The first-order valence-corrected chi connectivity index (χ1v) is 4.67. The predicted molar refractivity (Wildman–Crippen MR) is 58.2 cm³/mol. The summed E-state index contributed by atoms with van der Waals surface area (Å²) in [5, 5.41) is 12.2. The van der Waals surface area contributed by atoms with Crippen LogP contribution in [0, 0.1) is 10.1 Å². The van der Waals surface area contributed by atoms with Crippen LogP contribution in [0.5, 0.6) is 0 Å². The Balaban J connectivity index is 2.44. The zero-order valence-corrected chi connectivity index (χ0v) is 8.08. The molecule has 2 heterocycles. The number of aromatic nitrogens is 1. The van der Waals surface area contributed by atoms with E-state index in [1.165, 1.54) is 12.3 Å². The molecule has 0 N–H and O–H groups in total. The Hall–Kier alpha value is -2.43. The Morgan fingerprint density at radius 1 is 1.25 bits per heavy atom. The Bertz CT molecular complexity index is 703. The molecule has 0 fully saturated rings. The predicted octanol–water partition coefficient (Wildman–Crippen LogP) is 2.89. The van der Waals surface area contributed by atoms with Crippen molar-refractivity contribution in [2.75, 3.05) is 0 Å². The number of hydrogen-bond donors (Lipinski definition) is 0. The number of nitro groups is 1. The van der Waals surface area contributed by atoms with Crippen molar-refractivity contribution < 1.29 is 9.34 Å². The molecular weight excluding hydrogens is 208 g/mol. The van der Waals surface area contributed by atoms with E-state index in [-0.39, 0.29) is 5.69 Å². The molecule has 0 bridgehead atoms. The SMILES string of the molecule is O=[N+]([O-])c1cnc2oc3ccccc3c2c1. The molecule has 78 valence electrons. The van der Waals surface area contributed by atoms with Crippen molar-refractivity contribution in [3.8, 4) is 0 Å². The van der Waals surface area contributed by atoms with E-state index in [1.807, 2.05) is 24.3 Å². The van der Waals surface area contributed by atoms with Crippen molar-refractivity contribution in [1.82, 2.24) is 4.98 Å². The summed E-state index contributed by atoms with van der Waals surface area (Å²) in [4.78, 5) is 14.1. The first-order chi connectivity index (χ1) is 7.75. The molecule has 1 aromatic carbocycles. The van der Waals surface area contributed by atoms with E-state index in [0.717, 1.165) is 5.39 Å². The topological polar surface area (TPSA) is 69.2 Å². The molecule has 0 saturated heterocycles. The lowest BCUT2D eigenvalue weighted by Gasteiger charge is -1.89. The highest BCUT2D eigenvalue weighted by Gasteiger charge is 2.12. The van der Waals surface area contributed by atoms with Crippen molar-refractivity contribution >= 4 is 27.8 Å². The van der Waals surface area contributed by atoms with E-state index in [9.17, 15) is 10.1 Å². The molecule has 3 rings (SSSR count). The Morgan fingerprint density at radius 2 is 2.06 bits per heavy atom. The summed E-state index contributed by atoms with van der Waals surface area (Å²) in [7, 11) is 0. The number of rotatable bonds is 1. The minimum atomic E-state index is -0.464. The highest BCUT2D eigenvalue weighted by atomic mass is 16.6. The number of nitrogens with zero attached hydrogens (tertiary/aromatic N) is 2. The van der Waals surface area contributed by atoms with Crippen molar-refractivity contribution in [2.24, 2.45) is 0 Å². The lowest BCUT2D eigenvalue weighted by molar-refractivity contribution is -0.385. The van der Waals surface area contributed by atoms with Gasteiger partial charge in [0.1, 0.15) is 11.8 Å². The molecule has 2 aromatic heterocycles. The number of pyridine rings is 1. The fourth-order valence-electron chi connectivity index (χ4n) is 1.70. The van der Waals surface area contributed by atoms with Crippen LogP contribution in [0.4, 0.5) is 5.69 Å². The number of furan rings is 1. The van der Waals surface area contributed by atoms with Gasteiger partial charge in [-0.25, -0.2) is 4.98 Å². The van der Waals surface area contributed by atoms with Crippen LogP contribution in [0.3, 0.4) is 0 Å². The molecule has 0 saturated carbocycles. The van der Waals surface area contributed by atoms with E-state index >= 15 is 0 Å². The van der Waals surface area contributed by atoms with Gasteiger partial charge in [-0.2, -0.15) is 0 Å². The molecule has 0 radical (unpaired) electrons. The van der Waals surface area contributed by atoms with Crippen molar-refractivity contribution in [3.63, 3.8) is 0 Å². The van der Waals surface area contributed by atoms with Crippen LogP contribution in [-0.4, -0.2) is 9.91 Å². The van der Waals surface area contributed by atoms with E-state index in [0.29, 0.717) is 16.7 Å². The van der Waals surface area contributed by atoms with E-state index in [1.54, 1.807) is 0 Å². The molecule has 3 aromatic rings. The van der Waals surface area contributed by atoms with E-state index in [2.05, 4.69) is 4.98 Å². The third kappa shape index (κ3) is 1.15. The fourth-order valence-corrected chi connectivity index (χ4v) is 1.70. The summed E-state index contributed by atoms with van der Waals surface area (Å²) >= 11 is 0. The van der Waals surface area contributed by atoms with Crippen molar-refractivity contribution in [2.45, 2.75) is 0 Å². The second kappa shape index (κ2) is 3.03. The molecule has 0 aliphatic heterocycles. The molecular formula is C11H6N2O3. The summed E-state index contributed by atoms with van der Waals surface area (Å²) in [5.74, 6) is 0. The second-order valence-electron chi connectivity index (χ2n) is 3.40. The van der Waals surface area contributed by atoms with Gasteiger partial charge < -0.3 is 4.42 Å². The lowest BCUT2D eigenvalue weighted by Crippen LogP contribution is -1.88. The largest absolute Gasteiger partial charge is 0.438 e. The van der Waals surface area contributed by atoms with E-state index in [4.69, 9.17) is 4.42 Å². The Morgan fingerprint density at radius 3 is 2.88 bits per heavy atom. The van der Waals surface area contributed by atoms with Crippen molar-refractivity contribution in [3.05, 3.63) is 46.6 Å². The molecule has 0 unspecified atom stereocenters. The summed E-state index contributed by atoms with van der Waals surface area (Å²) in [6, 6.07) is 8.85. The maximum atomic E-state index is 10.6.